The Kier molecular flexibility index (Phi) is 5.74. The SMILES string of the molecule is CN(Cc1cccc(NC(=O)CC2CC3CCC(C2)N3)c1)C(=O)C(F)(F)F. The zero-order chi connectivity index (χ0) is 19.6. The van der Waals surface area contributed by atoms with Gasteiger partial charge in [0.05, 0.1) is 0 Å². The Balaban J connectivity index is 1.54. The van der Waals surface area contributed by atoms with E-state index in [1.54, 1.807) is 24.3 Å². The Morgan fingerprint density at radius 2 is 1.89 bits per heavy atom. The number of benzene rings is 1. The maximum Gasteiger partial charge on any atom is 0.471 e. The van der Waals surface area contributed by atoms with Crippen molar-refractivity contribution in [1.29, 1.82) is 0 Å². The lowest BCUT2D eigenvalue weighted by molar-refractivity contribution is -0.184. The molecule has 2 aliphatic rings. The van der Waals surface area contributed by atoms with E-state index >= 15 is 0 Å². The van der Waals surface area contributed by atoms with E-state index < -0.39 is 12.1 Å². The van der Waals surface area contributed by atoms with Crippen molar-refractivity contribution in [3.05, 3.63) is 29.8 Å². The van der Waals surface area contributed by atoms with Crippen LogP contribution in [0.3, 0.4) is 0 Å². The van der Waals surface area contributed by atoms with Gasteiger partial charge in [-0.3, -0.25) is 9.59 Å². The lowest BCUT2D eigenvalue weighted by atomic mass is 9.89. The Morgan fingerprint density at radius 1 is 1.22 bits per heavy atom. The van der Waals surface area contributed by atoms with Crippen LogP contribution in [0.15, 0.2) is 24.3 Å². The molecule has 2 unspecified atom stereocenters. The summed E-state index contributed by atoms with van der Waals surface area (Å²) in [7, 11) is 1.10. The normalized spacial score (nSPS) is 24.5. The molecule has 148 valence electrons. The summed E-state index contributed by atoms with van der Waals surface area (Å²) in [6, 6.07) is 7.61. The molecule has 0 aliphatic carbocycles. The molecule has 3 rings (SSSR count). The predicted octanol–water partition coefficient (Wildman–Crippen LogP) is 3.07. The summed E-state index contributed by atoms with van der Waals surface area (Å²) in [5, 5.41) is 6.37. The second-order valence-electron chi connectivity index (χ2n) is 7.59. The lowest BCUT2D eigenvalue weighted by Gasteiger charge is -2.28. The van der Waals surface area contributed by atoms with Crippen LogP contribution in [0.1, 0.15) is 37.7 Å². The first kappa shape index (κ1) is 19.7. The minimum Gasteiger partial charge on any atom is -0.334 e. The van der Waals surface area contributed by atoms with Gasteiger partial charge >= 0.3 is 12.1 Å². The predicted molar refractivity (Wildman–Crippen MR) is 94.9 cm³/mol. The number of carbonyl (C=O) groups is 2. The number of piperidine rings is 1. The summed E-state index contributed by atoms with van der Waals surface area (Å²) in [6.45, 7) is -0.181. The second kappa shape index (κ2) is 7.88. The molecule has 27 heavy (non-hydrogen) atoms. The molecule has 0 aromatic heterocycles. The van der Waals surface area contributed by atoms with E-state index in [1.165, 1.54) is 12.8 Å². The standard InChI is InChI=1S/C19H24F3N3O2/c1-25(18(27)19(20,21)22)11-12-3-2-4-14(7-12)24-17(26)10-13-8-15-5-6-16(9-13)23-15/h2-4,7,13,15-16,23H,5-6,8-11H2,1H3,(H,24,26). The molecule has 0 spiro atoms. The largest absolute Gasteiger partial charge is 0.471 e. The summed E-state index contributed by atoms with van der Waals surface area (Å²) in [5.41, 5.74) is 1.05. The van der Waals surface area contributed by atoms with Crippen LogP contribution in [0.2, 0.25) is 0 Å². The maximum atomic E-state index is 12.5. The minimum absolute atomic E-state index is 0.0850. The van der Waals surface area contributed by atoms with Crippen molar-refractivity contribution in [2.75, 3.05) is 12.4 Å². The van der Waals surface area contributed by atoms with Crippen LogP contribution in [0.5, 0.6) is 0 Å². The maximum absolute atomic E-state index is 12.5. The van der Waals surface area contributed by atoms with Gasteiger partial charge in [0.15, 0.2) is 0 Å². The lowest BCUT2D eigenvalue weighted by Crippen LogP contribution is -2.39. The molecule has 5 nitrogen and oxygen atoms in total. The third-order valence-corrected chi connectivity index (χ3v) is 5.26. The topological polar surface area (TPSA) is 61.4 Å². The third kappa shape index (κ3) is 5.22. The zero-order valence-electron chi connectivity index (χ0n) is 15.2. The number of hydrogen-bond acceptors (Lipinski definition) is 3. The highest BCUT2D eigenvalue weighted by Gasteiger charge is 2.41. The van der Waals surface area contributed by atoms with Gasteiger partial charge in [0, 0.05) is 37.8 Å². The van der Waals surface area contributed by atoms with Gasteiger partial charge in [-0.1, -0.05) is 12.1 Å². The number of amides is 2. The first-order valence-corrected chi connectivity index (χ1v) is 9.18. The van der Waals surface area contributed by atoms with Crippen LogP contribution in [0, 0.1) is 5.92 Å². The molecule has 0 radical (unpaired) electrons. The number of anilines is 1. The number of nitrogens with zero attached hydrogens (tertiary/aromatic N) is 1. The molecule has 2 saturated heterocycles. The molecule has 2 amide bonds. The van der Waals surface area contributed by atoms with E-state index in [-0.39, 0.29) is 12.5 Å². The highest BCUT2D eigenvalue weighted by molar-refractivity contribution is 5.91. The van der Waals surface area contributed by atoms with E-state index in [2.05, 4.69) is 10.6 Å². The number of hydrogen-bond donors (Lipinski definition) is 2. The van der Waals surface area contributed by atoms with E-state index in [0.717, 1.165) is 19.9 Å². The van der Waals surface area contributed by atoms with Crippen molar-refractivity contribution in [2.24, 2.45) is 5.92 Å². The van der Waals surface area contributed by atoms with E-state index in [9.17, 15) is 22.8 Å². The Morgan fingerprint density at radius 3 is 2.52 bits per heavy atom. The molecule has 2 fully saturated rings. The van der Waals surface area contributed by atoms with Gasteiger partial charge < -0.3 is 15.5 Å². The Bertz CT molecular complexity index is 696. The number of carbonyl (C=O) groups excluding carboxylic acids is 2. The number of halogens is 3. The van der Waals surface area contributed by atoms with Crippen LogP contribution >= 0.6 is 0 Å². The molecule has 8 heteroatoms. The zero-order valence-corrected chi connectivity index (χ0v) is 15.2. The number of nitrogens with one attached hydrogen (secondary N) is 2. The van der Waals surface area contributed by atoms with Crippen LogP contribution in [-0.4, -0.2) is 42.0 Å². The summed E-state index contributed by atoms with van der Waals surface area (Å²) in [5.74, 6) is -1.61. The molecular formula is C19H24F3N3O2. The van der Waals surface area contributed by atoms with E-state index in [0.29, 0.717) is 40.6 Å². The van der Waals surface area contributed by atoms with Gasteiger partial charge in [-0.25, -0.2) is 0 Å². The molecule has 2 heterocycles. The van der Waals surface area contributed by atoms with Gasteiger partial charge in [0.1, 0.15) is 0 Å². The molecular weight excluding hydrogens is 359 g/mol. The van der Waals surface area contributed by atoms with Gasteiger partial charge in [-0.2, -0.15) is 13.2 Å². The van der Waals surface area contributed by atoms with Gasteiger partial charge in [-0.05, 0) is 49.3 Å². The van der Waals surface area contributed by atoms with Gasteiger partial charge in [0.2, 0.25) is 5.91 Å². The highest BCUT2D eigenvalue weighted by Crippen LogP contribution is 2.32. The first-order chi connectivity index (χ1) is 12.7. The van der Waals surface area contributed by atoms with Crippen LogP contribution in [0.4, 0.5) is 18.9 Å². The fourth-order valence-corrected chi connectivity index (χ4v) is 4.13. The highest BCUT2D eigenvalue weighted by atomic mass is 19.4. The van der Waals surface area contributed by atoms with E-state index in [1.807, 2.05) is 0 Å². The van der Waals surface area contributed by atoms with Crippen molar-refractivity contribution in [2.45, 2.75) is 56.9 Å². The van der Waals surface area contributed by atoms with Gasteiger partial charge in [-0.15, -0.1) is 0 Å². The smallest absolute Gasteiger partial charge is 0.334 e. The molecule has 0 saturated carbocycles. The number of rotatable bonds is 5. The summed E-state index contributed by atoms with van der Waals surface area (Å²) >= 11 is 0. The molecule has 2 bridgehead atoms. The van der Waals surface area contributed by atoms with Crippen molar-refractivity contribution in [3.8, 4) is 0 Å². The van der Waals surface area contributed by atoms with E-state index in [4.69, 9.17) is 0 Å². The van der Waals surface area contributed by atoms with Crippen LogP contribution in [0.25, 0.3) is 0 Å². The average molecular weight is 383 g/mol. The minimum atomic E-state index is -4.89. The van der Waals surface area contributed by atoms with Crippen LogP contribution < -0.4 is 10.6 Å². The molecule has 1 aromatic carbocycles. The average Bonchev–Trinajstić information content (AvgIpc) is 2.92. The first-order valence-electron chi connectivity index (χ1n) is 9.18. The van der Waals surface area contributed by atoms with Crippen molar-refractivity contribution in [3.63, 3.8) is 0 Å². The molecule has 2 N–H and O–H groups in total. The molecule has 2 aliphatic heterocycles. The fourth-order valence-electron chi connectivity index (χ4n) is 4.13. The third-order valence-electron chi connectivity index (χ3n) is 5.26. The summed E-state index contributed by atoms with van der Waals surface area (Å²) < 4.78 is 37.4. The van der Waals surface area contributed by atoms with Crippen molar-refractivity contribution in [1.82, 2.24) is 10.2 Å². The fraction of sp³-hybridized carbons (Fsp3) is 0.579. The van der Waals surface area contributed by atoms with Crippen LogP contribution in [-0.2, 0) is 16.1 Å². The number of fused-ring (bicyclic) bond motifs is 2. The molecule has 2 atom stereocenters. The molecule has 1 aromatic rings. The monoisotopic (exact) mass is 383 g/mol. The summed E-state index contributed by atoms with van der Waals surface area (Å²) in [6.07, 6.45) is -0.0766. The van der Waals surface area contributed by atoms with Crippen molar-refractivity contribution < 1.29 is 22.8 Å². The Labute approximate surface area is 156 Å². The Hall–Kier alpha value is -2.09. The van der Waals surface area contributed by atoms with Crippen molar-refractivity contribution >= 4 is 17.5 Å². The quantitative estimate of drug-likeness (QED) is 0.822. The number of alkyl halides is 3. The second-order valence-corrected chi connectivity index (χ2v) is 7.59. The summed E-state index contributed by atoms with van der Waals surface area (Å²) in [4.78, 5) is 24.2. The van der Waals surface area contributed by atoms with Gasteiger partial charge in [0.25, 0.3) is 0 Å².